The summed E-state index contributed by atoms with van der Waals surface area (Å²) in [6.07, 6.45) is 4.30. The third kappa shape index (κ3) is 5.99. The lowest BCUT2D eigenvalue weighted by Gasteiger charge is -2.28. The number of ether oxygens (including phenoxy) is 1. The SMILES string of the molecule is Cc1c(CC(=O)c2ccc(OC(C)C)cc2)cc(F)cc1-c1ncnc2[nH]c(C3=CCN(C(=O)N(C)C)CC3)cc12. The molecule has 0 saturated heterocycles. The van der Waals surface area contributed by atoms with E-state index >= 15 is 0 Å². The van der Waals surface area contributed by atoms with Gasteiger partial charge >= 0.3 is 6.03 Å². The Morgan fingerprint density at radius 2 is 1.88 bits per heavy atom. The van der Waals surface area contributed by atoms with Crippen LogP contribution in [0.1, 0.15) is 47.4 Å². The maximum atomic E-state index is 15.0. The van der Waals surface area contributed by atoms with E-state index in [1.165, 1.54) is 18.5 Å². The number of fused-ring (bicyclic) bond motifs is 1. The third-order valence-electron chi connectivity index (χ3n) is 7.27. The fourth-order valence-electron chi connectivity index (χ4n) is 5.13. The van der Waals surface area contributed by atoms with Crippen molar-refractivity contribution in [1.82, 2.24) is 24.8 Å². The zero-order valence-electron chi connectivity index (χ0n) is 24.0. The molecule has 0 atom stereocenters. The van der Waals surface area contributed by atoms with Gasteiger partial charge in [0.2, 0.25) is 0 Å². The van der Waals surface area contributed by atoms with Crippen molar-refractivity contribution in [3.05, 3.63) is 83.1 Å². The number of aromatic nitrogens is 3. The Balaban J connectivity index is 1.43. The second-order valence-electron chi connectivity index (χ2n) is 10.8. The predicted molar refractivity (Wildman–Crippen MR) is 158 cm³/mol. The number of aromatic amines is 1. The molecule has 0 fully saturated rings. The molecule has 1 aliphatic heterocycles. The van der Waals surface area contributed by atoms with E-state index in [1.54, 1.807) is 48.2 Å². The Labute approximate surface area is 238 Å². The van der Waals surface area contributed by atoms with Gasteiger partial charge in [-0.2, -0.15) is 0 Å². The molecule has 5 rings (SSSR count). The highest BCUT2D eigenvalue weighted by Crippen LogP contribution is 2.34. The van der Waals surface area contributed by atoms with Gasteiger partial charge in [-0.05, 0) is 86.4 Å². The molecule has 3 heterocycles. The normalized spacial score (nSPS) is 13.4. The molecule has 1 N–H and O–H groups in total. The van der Waals surface area contributed by atoms with Crippen LogP contribution < -0.4 is 4.74 Å². The molecular formula is C32H34FN5O3. The summed E-state index contributed by atoms with van der Waals surface area (Å²) in [5, 5.41) is 0.766. The van der Waals surface area contributed by atoms with Crippen molar-refractivity contribution in [2.45, 2.75) is 39.7 Å². The first-order valence-electron chi connectivity index (χ1n) is 13.7. The van der Waals surface area contributed by atoms with Gasteiger partial charge in [0.1, 0.15) is 23.5 Å². The lowest BCUT2D eigenvalue weighted by molar-refractivity contribution is 0.0992. The molecule has 212 valence electrons. The molecule has 9 heteroatoms. The van der Waals surface area contributed by atoms with E-state index in [0.29, 0.717) is 53.3 Å². The van der Waals surface area contributed by atoms with Gasteiger partial charge in [0, 0.05) is 55.8 Å². The molecule has 0 bridgehead atoms. The minimum absolute atomic E-state index is 0.0156. The number of ketones is 1. The fourth-order valence-corrected chi connectivity index (χ4v) is 5.13. The number of nitrogens with zero attached hydrogens (tertiary/aromatic N) is 4. The van der Waals surface area contributed by atoms with Crippen molar-refractivity contribution in [3.8, 4) is 17.0 Å². The van der Waals surface area contributed by atoms with Crippen molar-refractivity contribution in [2.24, 2.45) is 0 Å². The van der Waals surface area contributed by atoms with Crippen molar-refractivity contribution < 1.29 is 18.7 Å². The van der Waals surface area contributed by atoms with Crippen LogP contribution in [0.4, 0.5) is 9.18 Å². The second kappa shape index (κ2) is 11.5. The Morgan fingerprint density at radius 3 is 2.54 bits per heavy atom. The number of Topliss-reactive ketones (excluding diaryl/α,β-unsaturated/α-hetero) is 1. The molecule has 0 aliphatic carbocycles. The molecule has 0 radical (unpaired) electrons. The molecule has 8 nitrogen and oxygen atoms in total. The summed E-state index contributed by atoms with van der Waals surface area (Å²) in [4.78, 5) is 41.1. The maximum Gasteiger partial charge on any atom is 0.319 e. The molecule has 0 saturated carbocycles. The van der Waals surface area contributed by atoms with E-state index in [-0.39, 0.29) is 24.3 Å². The average molecular weight is 556 g/mol. The van der Waals surface area contributed by atoms with Crippen molar-refractivity contribution in [3.63, 3.8) is 0 Å². The molecule has 41 heavy (non-hydrogen) atoms. The number of carbonyl (C=O) groups is 2. The second-order valence-corrected chi connectivity index (χ2v) is 10.8. The lowest BCUT2D eigenvalue weighted by Crippen LogP contribution is -2.41. The highest BCUT2D eigenvalue weighted by atomic mass is 19.1. The van der Waals surface area contributed by atoms with E-state index < -0.39 is 5.82 Å². The first kappa shape index (κ1) is 28.0. The third-order valence-corrected chi connectivity index (χ3v) is 7.27. The Bertz CT molecular complexity index is 1640. The van der Waals surface area contributed by atoms with Gasteiger partial charge in [-0.1, -0.05) is 6.08 Å². The van der Waals surface area contributed by atoms with Crippen LogP contribution in [-0.4, -0.2) is 69.9 Å². The minimum Gasteiger partial charge on any atom is -0.491 e. The number of carbonyl (C=O) groups excluding carboxylic acids is 2. The summed E-state index contributed by atoms with van der Waals surface area (Å²) in [7, 11) is 3.49. The number of halogens is 1. The number of nitrogens with one attached hydrogen (secondary N) is 1. The van der Waals surface area contributed by atoms with Gasteiger partial charge in [-0.15, -0.1) is 0 Å². The largest absolute Gasteiger partial charge is 0.491 e. The summed E-state index contributed by atoms with van der Waals surface area (Å²) in [6, 6.07) is 11.9. The van der Waals surface area contributed by atoms with Crippen LogP contribution in [-0.2, 0) is 6.42 Å². The Hall–Kier alpha value is -4.53. The van der Waals surface area contributed by atoms with Crippen LogP contribution >= 0.6 is 0 Å². The van der Waals surface area contributed by atoms with Gasteiger partial charge < -0.3 is 19.5 Å². The van der Waals surface area contributed by atoms with Crippen LogP contribution in [0.5, 0.6) is 5.75 Å². The summed E-state index contributed by atoms with van der Waals surface area (Å²) in [5.74, 6) is 0.156. The first-order valence-corrected chi connectivity index (χ1v) is 13.7. The number of hydrogen-bond acceptors (Lipinski definition) is 5. The van der Waals surface area contributed by atoms with Crippen LogP contribution in [0, 0.1) is 12.7 Å². The lowest BCUT2D eigenvalue weighted by atomic mass is 9.93. The molecule has 0 spiro atoms. The number of benzene rings is 2. The van der Waals surface area contributed by atoms with Gasteiger partial charge in [-0.25, -0.2) is 19.2 Å². The highest BCUT2D eigenvalue weighted by Gasteiger charge is 2.22. The molecule has 2 amide bonds. The molecule has 2 aromatic carbocycles. The van der Waals surface area contributed by atoms with Crippen LogP contribution in [0.15, 0.2) is 54.9 Å². The topological polar surface area (TPSA) is 91.4 Å². The number of urea groups is 1. The predicted octanol–water partition coefficient (Wildman–Crippen LogP) is 6.06. The van der Waals surface area contributed by atoms with Crippen molar-refractivity contribution in [1.29, 1.82) is 0 Å². The standard InChI is InChI=1S/C32H34FN5O3/c1-19(2)41-25-8-6-22(7-9-25)29(39)15-23-14-24(33)16-26(20(23)3)30-27-17-28(36-31(27)35-18-34-30)21-10-12-38(13-11-21)32(40)37(4)5/h6-10,14,16-19H,11-13,15H2,1-5H3,(H,34,35,36). The first-order chi connectivity index (χ1) is 19.6. The maximum absolute atomic E-state index is 15.0. The van der Waals surface area contributed by atoms with E-state index in [1.807, 2.05) is 32.9 Å². The van der Waals surface area contributed by atoms with Gasteiger partial charge in [0.05, 0.1) is 11.8 Å². The number of hydrogen-bond donors (Lipinski definition) is 1. The van der Waals surface area contributed by atoms with E-state index in [9.17, 15) is 14.0 Å². The zero-order valence-corrected chi connectivity index (χ0v) is 24.0. The monoisotopic (exact) mass is 555 g/mol. The Morgan fingerprint density at radius 1 is 1.12 bits per heavy atom. The van der Waals surface area contributed by atoms with Gasteiger partial charge in [0.25, 0.3) is 0 Å². The van der Waals surface area contributed by atoms with Crippen LogP contribution in [0.3, 0.4) is 0 Å². The van der Waals surface area contributed by atoms with E-state index in [4.69, 9.17) is 4.74 Å². The molecular weight excluding hydrogens is 521 g/mol. The fraction of sp³-hybridized carbons (Fsp3) is 0.312. The van der Waals surface area contributed by atoms with Crippen LogP contribution in [0.2, 0.25) is 0 Å². The number of amides is 2. The zero-order chi connectivity index (χ0) is 29.3. The molecule has 1 aliphatic rings. The molecule has 4 aromatic rings. The van der Waals surface area contributed by atoms with Crippen molar-refractivity contribution >= 4 is 28.4 Å². The smallest absolute Gasteiger partial charge is 0.319 e. The Kier molecular flexibility index (Phi) is 7.88. The van der Waals surface area contributed by atoms with Gasteiger partial charge in [-0.3, -0.25) is 4.79 Å². The summed E-state index contributed by atoms with van der Waals surface area (Å²) >= 11 is 0. The highest BCUT2D eigenvalue weighted by molar-refractivity contribution is 5.99. The molecule has 0 unspecified atom stereocenters. The van der Waals surface area contributed by atoms with E-state index in [0.717, 1.165) is 22.2 Å². The van der Waals surface area contributed by atoms with Crippen molar-refractivity contribution in [2.75, 3.05) is 27.2 Å². The summed E-state index contributed by atoms with van der Waals surface area (Å²) in [5.41, 5.74) is 5.77. The number of rotatable bonds is 7. The summed E-state index contributed by atoms with van der Waals surface area (Å²) in [6.45, 7) is 6.91. The van der Waals surface area contributed by atoms with E-state index in [2.05, 4.69) is 15.0 Å². The van der Waals surface area contributed by atoms with Crippen LogP contribution in [0.25, 0.3) is 27.9 Å². The minimum atomic E-state index is -0.433. The number of H-pyrrole nitrogens is 1. The molecule has 2 aromatic heterocycles. The van der Waals surface area contributed by atoms with Gasteiger partial charge in [0.15, 0.2) is 5.78 Å². The average Bonchev–Trinajstić information content (AvgIpc) is 3.39. The summed E-state index contributed by atoms with van der Waals surface area (Å²) < 4.78 is 20.6. The quantitative estimate of drug-likeness (QED) is 0.280.